The van der Waals surface area contributed by atoms with Crippen LogP contribution in [0.5, 0.6) is 0 Å². The van der Waals surface area contributed by atoms with Crippen LogP contribution in [0.25, 0.3) is 0 Å². The fourth-order valence-corrected chi connectivity index (χ4v) is 2.36. The molecule has 0 amide bonds. The Hall–Kier alpha value is -1.42. The quantitative estimate of drug-likeness (QED) is 0.830. The smallest absolute Gasteiger partial charge is 0.306 e. The summed E-state index contributed by atoms with van der Waals surface area (Å²) in [7, 11) is 0. The highest BCUT2D eigenvalue weighted by atomic mass is 19.1. The molecule has 1 saturated carbocycles. The first-order valence-electron chi connectivity index (χ1n) is 6.60. The largest absolute Gasteiger partial charge is 0.481 e. The molecule has 0 bridgehead atoms. The second kappa shape index (κ2) is 5.29. The number of hydrogen-bond donors (Lipinski definition) is 2. The van der Waals surface area contributed by atoms with Gasteiger partial charge in [0.15, 0.2) is 0 Å². The lowest BCUT2D eigenvalue weighted by atomic mass is 9.84. The van der Waals surface area contributed by atoms with Crippen molar-refractivity contribution in [1.29, 1.82) is 0 Å². The van der Waals surface area contributed by atoms with Crippen molar-refractivity contribution in [1.82, 2.24) is 5.32 Å². The van der Waals surface area contributed by atoms with Gasteiger partial charge in [-0.15, -0.1) is 0 Å². The number of carboxylic acids is 1. The predicted molar refractivity (Wildman–Crippen MR) is 71.5 cm³/mol. The van der Waals surface area contributed by atoms with Gasteiger partial charge in [0.05, 0.1) is 5.92 Å². The summed E-state index contributed by atoms with van der Waals surface area (Å²) in [5.74, 6) is -0.847. The second-order valence-electron chi connectivity index (χ2n) is 5.97. The lowest BCUT2D eigenvalue weighted by Crippen LogP contribution is -2.34. The molecular weight excluding hydrogens is 245 g/mol. The van der Waals surface area contributed by atoms with Crippen LogP contribution in [0, 0.1) is 17.7 Å². The average molecular weight is 265 g/mol. The number of hydrogen-bond acceptors (Lipinski definition) is 2. The molecular formula is C15H20FNO2. The summed E-state index contributed by atoms with van der Waals surface area (Å²) >= 11 is 0. The van der Waals surface area contributed by atoms with E-state index in [-0.39, 0.29) is 23.1 Å². The topological polar surface area (TPSA) is 49.3 Å². The Labute approximate surface area is 112 Å². The summed E-state index contributed by atoms with van der Waals surface area (Å²) in [4.78, 5) is 10.7. The first-order chi connectivity index (χ1) is 8.90. The van der Waals surface area contributed by atoms with Gasteiger partial charge in [0.1, 0.15) is 5.82 Å². The van der Waals surface area contributed by atoms with E-state index >= 15 is 0 Å². The molecule has 1 aromatic rings. The van der Waals surface area contributed by atoms with E-state index in [1.165, 1.54) is 6.07 Å². The Balaban J connectivity index is 1.83. The monoisotopic (exact) mass is 265 g/mol. The summed E-state index contributed by atoms with van der Waals surface area (Å²) in [5, 5.41) is 12.1. The number of benzene rings is 1. The maximum atomic E-state index is 13.2. The Kier molecular flexibility index (Phi) is 3.90. The molecule has 0 saturated heterocycles. The molecule has 2 atom stereocenters. The first-order valence-corrected chi connectivity index (χ1v) is 6.60. The highest BCUT2D eigenvalue weighted by Crippen LogP contribution is 2.38. The van der Waals surface area contributed by atoms with Gasteiger partial charge >= 0.3 is 5.97 Å². The number of carboxylic acid groups (broad SMARTS) is 1. The van der Waals surface area contributed by atoms with Gasteiger partial charge in [-0.05, 0) is 36.6 Å². The number of halogens is 1. The molecule has 1 aliphatic rings. The average Bonchev–Trinajstić information content (AvgIpc) is 3.08. The molecule has 2 unspecified atom stereocenters. The van der Waals surface area contributed by atoms with Gasteiger partial charge in [-0.2, -0.15) is 0 Å². The van der Waals surface area contributed by atoms with Crippen molar-refractivity contribution in [2.75, 3.05) is 13.1 Å². The predicted octanol–water partition coefficient (Wildman–Crippen LogP) is 2.41. The molecule has 4 heteroatoms. The minimum absolute atomic E-state index is 0.171. The van der Waals surface area contributed by atoms with Crippen molar-refractivity contribution in [2.24, 2.45) is 11.8 Å². The molecule has 1 aromatic carbocycles. The summed E-state index contributed by atoms with van der Waals surface area (Å²) in [6, 6.07) is 6.63. The van der Waals surface area contributed by atoms with E-state index < -0.39 is 5.97 Å². The van der Waals surface area contributed by atoms with Crippen LogP contribution in [-0.4, -0.2) is 24.2 Å². The van der Waals surface area contributed by atoms with Gasteiger partial charge in [0.25, 0.3) is 0 Å². The van der Waals surface area contributed by atoms with Crippen LogP contribution in [0.1, 0.15) is 25.8 Å². The van der Waals surface area contributed by atoms with Crippen LogP contribution < -0.4 is 5.32 Å². The number of nitrogens with one attached hydrogen (secondary N) is 1. The normalized spacial score (nSPS) is 22.3. The van der Waals surface area contributed by atoms with Crippen molar-refractivity contribution in [3.8, 4) is 0 Å². The molecule has 0 aliphatic heterocycles. The van der Waals surface area contributed by atoms with E-state index in [0.29, 0.717) is 6.54 Å². The third-order valence-electron chi connectivity index (χ3n) is 3.82. The highest BCUT2D eigenvalue weighted by molar-refractivity contribution is 5.73. The van der Waals surface area contributed by atoms with Crippen molar-refractivity contribution in [3.05, 3.63) is 35.6 Å². The van der Waals surface area contributed by atoms with Crippen molar-refractivity contribution in [2.45, 2.75) is 25.7 Å². The molecule has 0 spiro atoms. The minimum atomic E-state index is -0.698. The zero-order chi connectivity index (χ0) is 14.0. The molecule has 0 radical (unpaired) electrons. The maximum absolute atomic E-state index is 13.2. The van der Waals surface area contributed by atoms with E-state index in [0.717, 1.165) is 18.5 Å². The molecule has 104 valence electrons. The molecule has 19 heavy (non-hydrogen) atoms. The van der Waals surface area contributed by atoms with E-state index in [2.05, 4.69) is 19.2 Å². The van der Waals surface area contributed by atoms with Crippen LogP contribution in [0.15, 0.2) is 24.3 Å². The number of aliphatic carboxylic acids is 1. The van der Waals surface area contributed by atoms with Gasteiger partial charge < -0.3 is 10.4 Å². The SMILES string of the molecule is CC(C)(CNCC1CC1C(=O)O)c1cccc(F)c1. The maximum Gasteiger partial charge on any atom is 0.306 e. The highest BCUT2D eigenvalue weighted by Gasteiger charge is 2.42. The summed E-state index contributed by atoms with van der Waals surface area (Å²) in [5.41, 5.74) is 0.779. The van der Waals surface area contributed by atoms with Crippen LogP contribution >= 0.6 is 0 Å². The van der Waals surface area contributed by atoms with Crippen LogP contribution in [0.4, 0.5) is 4.39 Å². The molecule has 3 nitrogen and oxygen atoms in total. The van der Waals surface area contributed by atoms with Gasteiger partial charge in [0, 0.05) is 12.0 Å². The molecule has 2 rings (SSSR count). The Morgan fingerprint density at radius 1 is 1.53 bits per heavy atom. The second-order valence-corrected chi connectivity index (χ2v) is 5.97. The van der Waals surface area contributed by atoms with Crippen molar-refractivity contribution < 1.29 is 14.3 Å². The fraction of sp³-hybridized carbons (Fsp3) is 0.533. The van der Waals surface area contributed by atoms with E-state index in [1.54, 1.807) is 12.1 Å². The lowest BCUT2D eigenvalue weighted by Gasteiger charge is -2.26. The Bertz CT molecular complexity index is 473. The zero-order valence-corrected chi connectivity index (χ0v) is 11.3. The van der Waals surface area contributed by atoms with Crippen LogP contribution in [0.3, 0.4) is 0 Å². The Morgan fingerprint density at radius 2 is 2.26 bits per heavy atom. The van der Waals surface area contributed by atoms with Gasteiger partial charge in [-0.3, -0.25) is 4.79 Å². The lowest BCUT2D eigenvalue weighted by molar-refractivity contribution is -0.138. The number of rotatable bonds is 6. The molecule has 0 heterocycles. The fourth-order valence-electron chi connectivity index (χ4n) is 2.36. The Morgan fingerprint density at radius 3 is 2.84 bits per heavy atom. The van der Waals surface area contributed by atoms with E-state index in [9.17, 15) is 9.18 Å². The van der Waals surface area contributed by atoms with E-state index in [4.69, 9.17) is 5.11 Å². The summed E-state index contributed by atoms with van der Waals surface area (Å²) < 4.78 is 13.2. The third-order valence-corrected chi connectivity index (χ3v) is 3.82. The number of carbonyl (C=O) groups is 1. The molecule has 1 fully saturated rings. The zero-order valence-electron chi connectivity index (χ0n) is 11.3. The van der Waals surface area contributed by atoms with Gasteiger partial charge in [-0.1, -0.05) is 26.0 Å². The summed E-state index contributed by atoms with van der Waals surface area (Å²) in [6.07, 6.45) is 0.767. The third kappa shape index (κ3) is 3.53. The summed E-state index contributed by atoms with van der Waals surface area (Å²) in [6.45, 7) is 5.53. The van der Waals surface area contributed by atoms with Gasteiger partial charge in [0.2, 0.25) is 0 Å². The van der Waals surface area contributed by atoms with Crippen molar-refractivity contribution >= 4 is 5.97 Å². The van der Waals surface area contributed by atoms with E-state index in [1.807, 2.05) is 6.07 Å². The first kappa shape index (κ1) is 14.0. The molecule has 1 aliphatic carbocycles. The standard InChI is InChI=1S/C15H20FNO2/c1-15(2,11-4-3-5-12(16)7-11)9-17-8-10-6-13(10)14(18)19/h3-5,7,10,13,17H,6,8-9H2,1-2H3,(H,18,19). The molecule has 2 N–H and O–H groups in total. The van der Waals surface area contributed by atoms with Crippen LogP contribution in [-0.2, 0) is 10.2 Å². The van der Waals surface area contributed by atoms with Gasteiger partial charge in [-0.25, -0.2) is 4.39 Å². The van der Waals surface area contributed by atoms with Crippen molar-refractivity contribution in [3.63, 3.8) is 0 Å². The molecule has 0 aromatic heterocycles. The minimum Gasteiger partial charge on any atom is -0.481 e. The van der Waals surface area contributed by atoms with Crippen LogP contribution in [0.2, 0.25) is 0 Å².